The van der Waals surface area contributed by atoms with Gasteiger partial charge in [0.25, 0.3) is 5.62 Å². The lowest BCUT2D eigenvalue weighted by molar-refractivity contribution is -0.137. The highest BCUT2D eigenvalue weighted by molar-refractivity contribution is 6.32. The predicted octanol–water partition coefficient (Wildman–Crippen LogP) is 1.92. The number of hydrogen-bond acceptors (Lipinski definition) is 7. The lowest BCUT2D eigenvalue weighted by Crippen LogP contribution is -2.23. The molecule has 1 fully saturated rings. The molecule has 0 bridgehead atoms. The number of aromatic amines is 2. The molecule has 10 nitrogen and oxygen atoms in total. The van der Waals surface area contributed by atoms with Crippen molar-refractivity contribution in [3.05, 3.63) is 62.0 Å². The average molecular weight is 480 g/mol. The summed E-state index contributed by atoms with van der Waals surface area (Å²) >= 11 is 6.03. The van der Waals surface area contributed by atoms with Crippen molar-refractivity contribution in [3.63, 3.8) is 0 Å². The first kappa shape index (κ1) is 21.0. The Morgan fingerprint density at radius 1 is 1.27 bits per heavy atom. The number of benzene rings is 1. The fourth-order valence-electron chi connectivity index (χ4n) is 2.96. The summed E-state index contributed by atoms with van der Waals surface area (Å²) < 4.78 is 46.2. The maximum Gasteiger partial charge on any atom is 0.416 e. The van der Waals surface area contributed by atoms with E-state index in [1.165, 1.54) is 16.8 Å². The summed E-state index contributed by atoms with van der Waals surface area (Å²) in [6.45, 7) is 0. The third-order valence-corrected chi connectivity index (χ3v) is 5.01. The van der Waals surface area contributed by atoms with Crippen LogP contribution < -0.4 is 21.3 Å². The molecule has 3 N–H and O–H groups in total. The lowest BCUT2D eigenvalue weighted by Gasteiger charge is -2.10. The molecule has 1 aliphatic rings. The normalized spacial score (nSPS) is 15.5. The zero-order valence-corrected chi connectivity index (χ0v) is 17.1. The fraction of sp³-hybridized carbons (Fsp3) is 0.211. The molecule has 0 unspecified atom stereocenters. The molecule has 3 heterocycles. The number of halogens is 4. The number of imidazole rings is 1. The monoisotopic (exact) mass is 479 g/mol. The summed E-state index contributed by atoms with van der Waals surface area (Å²) in [7, 11) is 0. The van der Waals surface area contributed by atoms with Gasteiger partial charge in [-0.2, -0.15) is 32.8 Å². The van der Waals surface area contributed by atoms with E-state index in [2.05, 4.69) is 30.0 Å². The molecule has 1 aliphatic carbocycles. The van der Waals surface area contributed by atoms with Gasteiger partial charge >= 0.3 is 17.9 Å². The summed E-state index contributed by atoms with van der Waals surface area (Å²) in [5.41, 5.74) is -1.16. The van der Waals surface area contributed by atoms with E-state index in [0.717, 1.165) is 31.0 Å². The van der Waals surface area contributed by atoms with Gasteiger partial charge in [-0.05, 0) is 37.1 Å². The van der Waals surface area contributed by atoms with Crippen LogP contribution in [0.1, 0.15) is 24.1 Å². The highest BCUT2D eigenvalue weighted by Crippen LogP contribution is 2.36. The molecule has 14 heteroatoms. The van der Waals surface area contributed by atoms with Gasteiger partial charge in [-0.15, -0.1) is 0 Å². The van der Waals surface area contributed by atoms with Gasteiger partial charge in [-0.25, -0.2) is 9.79 Å². The first-order valence-corrected chi connectivity index (χ1v) is 9.92. The summed E-state index contributed by atoms with van der Waals surface area (Å²) in [6.07, 6.45) is -0.0606. The largest absolute Gasteiger partial charge is 0.493 e. The number of H-pyrrole nitrogens is 2. The molecule has 1 saturated carbocycles. The summed E-state index contributed by atoms with van der Waals surface area (Å²) in [5.74, 6) is -0.672. The Balaban J connectivity index is 1.66. The highest BCUT2D eigenvalue weighted by atomic mass is 35.5. The Morgan fingerprint density at radius 3 is 2.73 bits per heavy atom. The van der Waals surface area contributed by atoms with Gasteiger partial charge in [0.15, 0.2) is 5.65 Å². The predicted molar refractivity (Wildman–Crippen MR) is 108 cm³/mol. The van der Waals surface area contributed by atoms with Crippen molar-refractivity contribution >= 4 is 23.3 Å². The number of rotatable bonds is 4. The molecular formula is C19H13ClF3N7O3. The molecule has 1 aromatic carbocycles. The van der Waals surface area contributed by atoms with Crippen LogP contribution in [0.25, 0.3) is 11.7 Å². The average Bonchev–Trinajstić information content (AvgIpc) is 3.37. The third-order valence-electron chi connectivity index (χ3n) is 4.70. The topological polar surface area (TPSA) is 134 Å². The Labute approximate surface area is 186 Å². The number of aromatic nitrogens is 6. The minimum atomic E-state index is -4.59. The first-order valence-electron chi connectivity index (χ1n) is 9.54. The van der Waals surface area contributed by atoms with Crippen LogP contribution in [0.2, 0.25) is 5.02 Å². The number of nitrogens with zero attached hydrogens (tertiary/aromatic N) is 5. The van der Waals surface area contributed by atoms with Gasteiger partial charge < -0.3 is 14.8 Å². The Morgan fingerprint density at radius 2 is 2.06 bits per heavy atom. The number of aromatic hydroxyl groups is 1. The van der Waals surface area contributed by atoms with Crippen LogP contribution >= 0.6 is 11.6 Å². The standard InChI is InChI=1S/C19H13ClF3N7O3/c20-11-4-1-9(19(21,22)23)6-13(11)33-18-27-14-8(5-12-15(31)28-17(32)26-12)7-24-30(14)16(29-18)25-10-2-3-10/h1,4-7,10,31H,2-3H2,(H2,26,28,32)/b8-5+,25-16?. The van der Waals surface area contributed by atoms with Crippen LogP contribution in [0.4, 0.5) is 13.2 Å². The van der Waals surface area contributed by atoms with Crippen molar-refractivity contribution in [1.82, 2.24) is 29.5 Å². The second kappa shape index (κ2) is 7.62. The van der Waals surface area contributed by atoms with Crippen LogP contribution in [0.3, 0.4) is 0 Å². The maximum absolute atomic E-state index is 13.1. The molecule has 0 spiro atoms. The van der Waals surface area contributed by atoms with E-state index in [-0.39, 0.29) is 45.7 Å². The van der Waals surface area contributed by atoms with Gasteiger partial charge in [0, 0.05) is 5.22 Å². The van der Waals surface area contributed by atoms with E-state index < -0.39 is 17.4 Å². The highest BCUT2D eigenvalue weighted by Gasteiger charge is 2.31. The molecule has 0 atom stereocenters. The Kier molecular flexibility index (Phi) is 4.85. The fourth-order valence-corrected chi connectivity index (χ4v) is 3.12. The molecule has 4 aromatic rings. The quantitative estimate of drug-likeness (QED) is 0.409. The van der Waals surface area contributed by atoms with Crippen LogP contribution in [0, 0.1) is 0 Å². The van der Waals surface area contributed by atoms with Crippen molar-refractivity contribution in [1.29, 1.82) is 0 Å². The third kappa shape index (κ3) is 4.26. The van der Waals surface area contributed by atoms with E-state index in [9.17, 15) is 23.1 Å². The number of fused-ring (bicyclic) bond motifs is 1. The molecule has 5 rings (SSSR count). The van der Waals surface area contributed by atoms with Crippen LogP contribution in [-0.4, -0.2) is 40.7 Å². The molecule has 33 heavy (non-hydrogen) atoms. The van der Waals surface area contributed by atoms with Gasteiger partial charge in [-0.3, -0.25) is 4.98 Å². The second-order valence-corrected chi connectivity index (χ2v) is 7.64. The minimum Gasteiger partial charge on any atom is -0.493 e. The second-order valence-electron chi connectivity index (χ2n) is 7.23. The Bertz CT molecular complexity index is 1550. The zero-order valence-electron chi connectivity index (χ0n) is 16.4. The molecule has 0 aliphatic heterocycles. The maximum atomic E-state index is 13.1. The molecule has 0 saturated heterocycles. The van der Waals surface area contributed by atoms with Crippen molar-refractivity contribution in [2.24, 2.45) is 4.99 Å². The summed E-state index contributed by atoms with van der Waals surface area (Å²) in [5, 5.41) is 14.3. The van der Waals surface area contributed by atoms with Crippen LogP contribution in [0.15, 0.2) is 34.2 Å². The van der Waals surface area contributed by atoms with Gasteiger partial charge in [0.2, 0.25) is 5.88 Å². The van der Waals surface area contributed by atoms with Crippen LogP contribution in [0.5, 0.6) is 17.6 Å². The number of hydrogen-bond donors (Lipinski definition) is 3. The van der Waals surface area contributed by atoms with Crippen molar-refractivity contribution < 1.29 is 23.0 Å². The van der Waals surface area contributed by atoms with E-state index in [1.807, 2.05) is 0 Å². The van der Waals surface area contributed by atoms with Gasteiger partial charge in [-0.1, -0.05) is 11.6 Å². The van der Waals surface area contributed by atoms with Crippen molar-refractivity contribution in [2.75, 3.05) is 0 Å². The number of alkyl halides is 3. The Hall–Kier alpha value is -3.87. The van der Waals surface area contributed by atoms with Crippen molar-refractivity contribution in [3.8, 4) is 17.6 Å². The minimum absolute atomic E-state index is 0.0368. The molecular weight excluding hydrogens is 467 g/mol. The smallest absolute Gasteiger partial charge is 0.416 e. The van der Waals surface area contributed by atoms with E-state index in [4.69, 9.17) is 16.3 Å². The van der Waals surface area contributed by atoms with Crippen molar-refractivity contribution in [2.45, 2.75) is 25.1 Å². The lowest BCUT2D eigenvalue weighted by atomic mass is 10.2. The first-order chi connectivity index (χ1) is 15.7. The summed E-state index contributed by atoms with van der Waals surface area (Å²) in [6, 6.07) is 2.39. The molecule has 3 aromatic heterocycles. The number of ether oxygens (including phenoxy) is 1. The van der Waals surface area contributed by atoms with E-state index in [1.54, 1.807) is 0 Å². The van der Waals surface area contributed by atoms with Crippen LogP contribution in [-0.2, 0) is 6.18 Å². The molecule has 170 valence electrons. The van der Waals surface area contributed by atoms with Gasteiger partial charge in [0.05, 0.1) is 22.8 Å². The zero-order chi connectivity index (χ0) is 23.3. The SMILES string of the molecule is O=c1[nH]c(O)c(/C=c2\cnn3c(=NC4CC4)nc(Oc4cc(C(F)(F)F)ccc4Cl)nc23)[nH]1. The van der Waals surface area contributed by atoms with E-state index >= 15 is 0 Å². The summed E-state index contributed by atoms with van der Waals surface area (Å²) in [4.78, 5) is 28.9. The van der Waals surface area contributed by atoms with E-state index in [0.29, 0.717) is 5.22 Å². The van der Waals surface area contributed by atoms with Gasteiger partial charge in [0.1, 0.15) is 11.4 Å². The number of nitrogens with one attached hydrogen (secondary N) is 2. The molecule has 0 radical (unpaired) electrons. The molecule has 0 amide bonds.